The van der Waals surface area contributed by atoms with E-state index < -0.39 is 5.54 Å². The standard InChI is InChI=1S/C14H14N2O2S/c1-9(17)16-12(18)14(15-13(16)19-2)8-11(14)10-6-4-3-5-7-10/h3-7,11H,8H2,1-2H3/t11-,14-/m1/s1. The van der Waals surface area contributed by atoms with Crippen molar-refractivity contribution in [2.45, 2.75) is 24.8 Å². The van der Waals surface area contributed by atoms with Gasteiger partial charge in [-0.15, -0.1) is 0 Å². The normalized spacial score (nSPS) is 28.7. The van der Waals surface area contributed by atoms with Gasteiger partial charge in [-0.2, -0.15) is 0 Å². The first-order chi connectivity index (χ1) is 9.10. The predicted octanol–water partition coefficient (Wildman–Crippen LogP) is 2.02. The Morgan fingerprint density at radius 3 is 2.63 bits per heavy atom. The highest BCUT2D eigenvalue weighted by Gasteiger charge is 2.66. The van der Waals surface area contributed by atoms with Gasteiger partial charge >= 0.3 is 0 Å². The number of rotatable bonds is 1. The predicted molar refractivity (Wildman–Crippen MR) is 75.0 cm³/mol. The van der Waals surface area contributed by atoms with Gasteiger partial charge in [-0.3, -0.25) is 9.59 Å². The maximum absolute atomic E-state index is 12.5. The average molecular weight is 274 g/mol. The quantitative estimate of drug-likeness (QED) is 0.787. The van der Waals surface area contributed by atoms with Crippen molar-refractivity contribution in [2.24, 2.45) is 4.99 Å². The lowest BCUT2D eigenvalue weighted by Crippen LogP contribution is -2.38. The molecule has 1 aliphatic heterocycles. The fourth-order valence-electron chi connectivity index (χ4n) is 2.65. The zero-order valence-corrected chi connectivity index (χ0v) is 11.6. The zero-order valence-electron chi connectivity index (χ0n) is 10.8. The molecule has 2 atom stereocenters. The molecule has 0 aromatic heterocycles. The van der Waals surface area contributed by atoms with Crippen molar-refractivity contribution in [3.8, 4) is 0 Å². The maximum Gasteiger partial charge on any atom is 0.264 e. The van der Waals surface area contributed by atoms with Gasteiger partial charge in [-0.25, -0.2) is 9.89 Å². The molecule has 2 aliphatic rings. The largest absolute Gasteiger partial charge is 0.274 e. The number of nitrogens with zero attached hydrogens (tertiary/aromatic N) is 2. The molecule has 1 aromatic carbocycles. The SMILES string of the molecule is CSC1=N[C@@]2(C[C@@H]2c2ccccc2)C(=O)N1C(C)=O. The van der Waals surface area contributed by atoms with Crippen LogP contribution in [0.25, 0.3) is 0 Å². The number of aliphatic imine (C=N–C) groups is 1. The van der Waals surface area contributed by atoms with Gasteiger partial charge in [0.25, 0.3) is 5.91 Å². The lowest BCUT2D eigenvalue weighted by molar-refractivity contribution is -0.138. The van der Waals surface area contributed by atoms with Crippen LogP contribution in [0.15, 0.2) is 35.3 Å². The third-order valence-corrected chi connectivity index (χ3v) is 4.33. The molecule has 19 heavy (non-hydrogen) atoms. The van der Waals surface area contributed by atoms with Crippen molar-refractivity contribution in [3.05, 3.63) is 35.9 Å². The smallest absolute Gasteiger partial charge is 0.264 e. The number of hydrogen-bond acceptors (Lipinski definition) is 4. The van der Waals surface area contributed by atoms with E-state index in [0.29, 0.717) is 11.6 Å². The minimum absolute atomic E-state index is 0.104. The van der Waals surface area contributed by atoms with Crippen molar-refractivity contribution in [3.63, 3.8) is 0 Å². The molecular formula is C14H14N2O2S. The summed E-state index contributed by atoms with van der Waals surface area (Å²) in [5.41, 5.74) is 0.399. The number of carbonyl (C=O) groups excluding carboxylic acids is 2. The van der Waals surface area contributed by atoms with Gasteiger partial charge in [0, 0.05) is 12.8 Å². The second-order valence-electron chi connectivity index (χ2n) is 4.85. The highest BCUT2D eigenvalue weighted by molar-refractivity contribution is 8.13. The van der Waals surface area contributed by atoms with Crippen LogP contribution in [0, 0.1) is 0 Å². The van der Waals surface area contributed by atoms with Crippen molar-refractivity contribution in [1.82, 2.24) is 4.90 Å². The van der Waals surface area contributed by atoms with Crippen LogP contribution in [-0.4, -0.2) is 33.7 Å². The van der Waals surface area contributed by atoms with Crippen LogP contribution in [0.4, 0.5) is 0 Å². The summed E-state index contributed by atoms with van der Waals surface area (Å²) < 4.78 is 0. The molecule has 5 heteroatoms. The summed E-state index contributed by atoms with van der Waals surface area (Å²) in [7, 11) is 0. The third-order valence-electron chi connectivity index (χ3n) is 3.69. The van der Waals surface area contributed by atoms with Gasteiger partial charge in [0.1, 0.15) is 0 Å². The summed E-state index contributed by atoms with van der Waals surface area (Å²) >= 11 is 1.35. The summed E-state index contributed by atoms with van der Waals surface area (Å²) in [4.78, 5) is 29.8. The van der Waals surface area contributed by atoms with E-state index in [2.05, 4.69) is 4.99 Å². The van der Waals surface area contributed by atoms with E-state index in [9.17, 15) is 9.59 Å². The van der Waals surface area contributed by atoms with Crippen LogP contribution in [0.3, 0.4) is 0 Å². The molecule has 1 saturated carbocycles. The van der Waals surface area contributed by atoms with Crippen molar-refractivity contribution >= 4 is 28.7 Å². The minimum atomic E-state index is -0.717. The summed E-state index contributed by atoms with van der Waals surface area (Å²) in [5, 5.41) is 0.524. The Morgan fingerprint density at radius 2 is 2.11 bits per heavy atom. The van der Waals surface area contributed by atoms with E-state index in [0.717, 1.165) is 5.56 Å². The van der Waals surface area contributed by atoms with Crippen molar-refractivity contribution in [2.75, 3.05) is 6.26 Å². The second-order valence-corrected chi connectivity index (χ2v) is 5.62. The van der Waals surface area contributed by atoms with E-state index >= 15 is 0 Å². The second kappa shape index (κ2) is 4.20. The van der Waals surface area contributed by atoms with Crippen molar-refractivity contribution in [1.29, 1.82) is 0 Å². The van der Waals surface area contributed by atoms with Crippen molar-refractivity contribution < 1.29 is 9.59 Å². The van der Waals surface area contributed by atoms with E-state index in [4.69, 9.17) is 0 Å². The first-order valence-electron chi connectivity index (χ1n) is 6.14. The highest BCUT2D eigenvalue weighted by Crippen LogP contribution is 2.58. The maximum atomic E-state index is 12.5. The van der Waals surface area contributed by atoms with Crippen LogP contribution in [0.1, 0.15) is 24.8 Å². The van der Waals surface area contributed by atoms with Gasteiger partial charge in [-0.05, 0) is 18.2 Å². The summed E-state index contributed by atoms with van der Waals surface area (Å²) in [6.07, 6.45) is 2.53. The molecule has 2 amide bonds. The molecule has 1 aromatic rings. The number of imide groups is 1. The fourth-order valence-corrected chi connectivity index (χ4v) is 3.30. The first kappa shape index (κ1) is 12.4. The summed E-state index contributed by atoms with van der Waals surface area (Å²) in [6.45, 7) is 1.41. The molecule has 0 unspecified atom stereocenters. The number of carbonyl (C=O) groups is 2. The molecule has 0 bridgehead atoms. The van der Waals surface area contributed by atoms with Gasteiger partial charge in [0.2, 0.25) is 5.91 Å². The number of amidine groups is 1. The van der Waals surface area contributed by atoms with E-state index in [1.54, 1.807) is 0 Å². The Hall–Kier alpha value is -1.62. The van der Waals surface area contributed by atoms with Gasteiger partial charge in [0.05, 0.1) is 0 Å². The molecule has 1 heterocycles. The third kappa shape index (κ3) is 1.72. The zero-order chi connectivity index (χ0) is 13.6. The van der Waals surface area contributed by atoms with Gasteiger partial charge in [0.15, 0.2) is 10.7 Å². The lowest BCUT2D eigenvalue weighted by Gasteiger charge is -2.13. The number of hydrogen-bond donors (Lipinski definition) is 0. The molecule has 1 fully saturated rings. The Balaban J connectivity index is 1.94. The molecule has 0 saturated heterocycles. The van der Waals surface area contributed by atoms with Crippen LogP contribution in [0.5, 0.6) is 0 Å². The molecule has 1 spiro atoms. The summed E-state index contributed by atoms with van der Waals surface area (Å²) in [6, 6.07) is 9.90. The average Bonchev–Trinajstić information content (AvgIpc) is 3.06. The Bertz CT molecular complexity index is 584. The molecule has 3 rings (SSSR count). The molecule has 0 radical (unpaired) electrons. The lowest BCUT2D eigenvalue weighted by atomic mass is 10.1. The number of amides is 2. The number of thioether (sulfide) groups is 1. The van der Waals surface area contributed by atoms with Gasteiger partial charge in [-0.1, -0.05) is 42.1 Å². The van der Waals surface area contributed by atoms with Crippen LogP contribution in [0.2, 0.25) is 0 Å². The Morgan fingerprint density at radius 1 is 1.42 bits per heavy atom. The highest BCUT2D eigenvalue weighted by atomic mass is 32.2. The van der Waals surface area contributed by atoms with Crippen LogP contribution < -0.4 is 0 Å². The number of benzene rings is 1. The fraction of sp³-hybridized carbons (Fsp3) is 0.357. The van der Waals surface area contributed by atoms with E-state index in [1.807, 2.05) is 36.6 Å². The Kier molecular flexibility index (Phi) is 2.74. The van der Waals surface area contributed by atoms with E-state index in [1.165, 1.54) is 23.6 Å². The molecule has 4 nitrogen and oxygen atoms in total. The van der Waals surface area contributed by atoms with Crippen LogP contribution in [-0.2, 0) is 9.59 Å². The monoisotopic (exact) mass is 274 g/mol. The molecule has 1 aliphatic carbocycles. The first-order valence-corrected chi connectivity index (χ1v) is 7.36. The van der Waals surface area contributed by atoms with E-state index in [-0.39, 0.29) is 17.7 Å². The topological polar surface area (TPSA) is 49.7 Å². The van der Waals surface area contributed by atoms with Crippen LogP contribution >= 0.6 is 11.8 Å². The molecule has 0 N–H and O–H groups in total. The minimum Gasteiger partial charge on any atom is -0.274 e. The molecular weight excluding hydrogens is 260 g/mol. The Labute approximate surface area is 115 Å². The van der Waals surface area contributed by atoms with Gasteiger partial charge < -0.3 is 0 Å². The summed E-state index contributed by atoms with van der Waals surface area (Å²) in [5.74, 6) is -0.320. The molecule has 98 valence electrons.